The maximum Gasteiger partial charge on any atom is 0.267 e. The van der Waals surface area contributed by atoms with E-state index in [-0.39, 0.29) is 24.0 Å². The maximum atomic E-state index is 12.8. The second kappa shape index (κ2) is 8.27. The van der Waals surface area contributed by atoms with Crippen LogP contribution >= 0.6 is 0 Å². The van der Waals surface area contributed by atoms with Crippen LogP contribution in [0.25, 0.3) is 0 Å². The highest BCUT2D eigenvalue weighted by molar-refractivity contribution is 5.82. The van der Waals surface area contributed by atoms with Crippen molar-refractivity contribution in [2.75, 3.05) is 19.7 Å². The number of hydrogen-bond donors (Lipinski definition) is 0. The Morgan fingerprint density at radius 1 is 1.21 bits per heavy atom. The molecule has 0 N–H and O–H groups in total. The minimum atomic E-state index is -0.600. The first-order chi connectivity index (χ1) is 14.0. The zero-order chi connectivity index (χ0) is 20.4. The minimum Gasteiger partial charge on any atom is -0.485 e. The van der Waals surface area contributed by atoms with Gasteiger partial charge in [-0.3, -0.25) is 14.2 Å². The highest BCUT2D eigenvalue weighted by Gasteiger charge is 2.33. The van der Waals surface area contributed by atoms with Crippen LogP contribution in [0.1, 0.15) is 38.3 Å². The molecule has 7 heteroatoms. The Morgan fingerprint density at radius 2 is 1.93 bits per heavy atom. The third kappa shape index (κ3) is 4.28. The first-order valence-corrected chi connectivity index (χ1v) is 10.2. The molecular formula is C22H27N3O4. The fourth-order valence-electron chi connectivity index (χ4n) is 3.85. The molecule has 4 rings (SSSR count). The van der Waals surface area contributed by atoms with Crippen molar-refractivity contribution in [3.8, 4) is 11.5 Å². The molecule has 7 nitrogen and oxygen atoms in total. The van der Waals surface area contributed by atoms with Gasteiger partial charge in [-0.1, -0.05) is 26.0 Å². The molecule has 1 amide bonds. The normalized spacial score (nSPS) is 19.4. The Labute approximate surface area is 170 Å². The predicted molar refractivity (Wildman–Crippen MR) is 108 cm³/mol. The number of carbonyl (C=O) groups is 1. The molecule has 2 aliphatic heterocycles. The second-order valence-electron chi connectivity index (χ2n) is 8.09. The third-order valence-electron chi connectivity index (χ3n) is 5.66. The van der Waals surface area contributed by atoms with E-state index in [9.17, 15) is 9.59 Å². The number of amides is 1. The zero-order valence-corrected chi connectivity index (χ0v) is 16.9. The molecule has 154 valence electrons. The molecule has 1 aromatic heterocycles. The van der Waals surface area contributed by atoms with Gasteiger partial charge >= 0.3 is 0 Å². The van der Waals surface area contributed by atoms with Crippen LogP contribution in [0.3, 0.4) is 0 Å². The number of aromatic nitrogens is 2. The second-order valence-corrected chi connectivity index (χ2v) is 8.09. The molecule has 0 bridgehead atoms. The fraction of sp³-hybridized carbons (Fsp3) is 0.500. The number of likely N-dealkylation sites (tertiary alicyclic amines) is 1. The van der Waals surface area contributed by atoms with Crippen molar-refractivity contribution in [1.29, 1.82) is 0 Å². The number of rotatable bonds is 4. The van der Waals surface area contributed by atoms with Gasteiger partial charge < -0.3 is 14.4 Å². The lowest BCUT2D eigenvalue weighted by molar-refractivity contribution is -0.142. The van der Waals surface area contributed by atoms with E-state index < -0.39 is 6.10 Å². The summed E-state index contributed by atoms with van der Waals surface area (Å²) in [6, 6.07) is 9.03. The summed E-state index contributed by atoms with van der Waals surface area (Å²) >= 11 is 0. The summed E-state index contributed by atoms with van der Waals surface area (Å²) in [6.45, 7) is 6.26. The first kappa shape index (κ1) is 19.5. The van der Waals surface area contributed by atoms with Gasteiger partial charge in [-0.05, 0) is 36.8 Å². The lowest BCUT2D eigenvalue weighted by atomic mass is 9.96. The van der Waals surface area contributed by atoms with E-state index in [1.54, 1.807) is 17.0 Å². The maximum absolute atomic E-state index is 12.8. The summed E-state index contributed by atoms with van der Waals surface area (Å²) in [5.41, 5.74) is 0.816. The Morgan fingerprint density at radius 3 is 2.62 bits per heavy atom. The van der Waals surface area contributed by atoms with Gasteiger partial charge in [-0.25, -0.2) is 4.98 Å². The molecule has 1 saturated heterocycles. The third-order valence-corrected chi connectivity index (χ3v) is 5.66. The lowest BCUT2D eigenvalue weighted by Crippen LogP contribution is -2.49. The summed E-state index contributed by atoms with van der Waals surface area (Å²) in [5.74, 6) is 1.86. The molecule has 0 aliphatic carbocycles. The van der Waals surface area contributed by atoms with E-state index in [2.05, 4.69) is 4.98 Å². The number of piperidine rings is 1. The number of hydrogen-bond acceptors (Lipinski definition) is 5. The summed E-state index contributed by atoms with van der Waals surface area (Å²) < 4.78 is 13.2. The molecular weight excluding hydrogens is 370 g/mol. The van der Waals surface area contributed by atoms with Crippen LogP contribution in [0, 0.1) is 5.92 Å². The Bertz CT molecular complexity index is 932. The Kier molecular flexibility index (Phi) is 5.56. The van der Waals surface area contributed by atoms with E-state index in [0.29, 0.717) is 37.1 Å². The summed E-state index contributed by atoms with van der Waals surface area (Å²) in [6.07, 6.45) is 2.76. The van der Waals surface area contributed by atoms with Crippen LogP contribution in [-0.4, -0.2) is 46.2 Å². The van der Waals surface area contributed by atoms with Gasteiger partial charge in [0.2, 0.25) is 6.10 Å². The van der Waals surface area contributed by atoms with Gasteiger partial charge in [0.05, 0.1) is 12.0 Å². The molecule has 0 radical (unpaired) electrons. The Hall–Kier alpha value is -2.83. The van der Waals surface area contributed by atoms with E-state index in [0.717, 1.165) is 18.5 Å². The molecule has 1 aromatic carbocycles. The van der Waals surface area contributed by atoms with Gasteiger partial charge in [0.1, 0.15) is 6.61 Å². The van der Waals surface area contributed by atoms with Crippen molar-refractivity contribution in [3.63, 3.8) is 0 Å². The average Bonchev–Trinajstić information content (AvgIpc) is 2.74. The molecule has 29 heavy (non-hydrogen) atoms. The van der Waals surface area contributed by atoms with Crippen LogP contribution in [0.4, 0.5) is 0 Å². The van der Waals surface area contributed by atoms with Crippen molar-refractivity contribution < 1.29 is 14.3 Å². The number of carbonyl (C=O) groups excluding carboxylic acids is 1. The number of fused-ring (bicyclic) bond motifs is 1. The van der Waals surface area contributed by atoms with Gasteiger partial charge in [-0.15, -0.1) is 0 Å². The van der Waals surface area contributed by atoms with E-state index in [1.807, 2.05) is 43.0 Å². The summed E-state index contributed by atoms with van der Waals surface area (Å²) in [4.78, 5) is 31.4. The molecule has 2 aromatic rings. The van der Waals surface area contributed by atoms with Gasteiger partial charge in [0.15, 0.2) is 11.5 Å². The van der Waals surface area contributed by atoms with E-state index in [1.165, 1.54) is 0 Å². The fourth-order valence-corrected chi connectivity index (χ4v) is 3.85. The number of para-hydroxylation sites is 2. The number of nitrogens with zero attached hydrogens (tertiary/aromatic N) is 3. The molecule has 1 atom stereocenters. The quantitative estimate of drug-likeness (QED) is 0.792. The predicted octanol–water partition coefficient (Wildman–Crippen LogP) is 2.45. The van der Waals surface area contributed by atoms with Gasteiger partial charge in [0.25, 0.3) is 11.5 Å². The molecule has 1 fully saturated rings. The lowest BCUT2D eigenvalue weighted by Gasteiger charge is -2.35. The largest absolute Gasteiger partial charge is 0.485 e. The van der Waals surface area contributed by atoms with E-state index >= 15 is 0 Å². The molecule has 3 heterocycles. The van der Waals surface area contributed by atoms with Crippen LogP contribution in [0.2, 0.25) is 0 Å². The van der Waals surface area contributed by atoms with Crippen molar-refractivity contribution in [2.24, 2.45) is 5.92 Å². The SMILES string of the molecule is CC(C)c1cc(=O)n(CC2CCN(C(=O)C3COc4ccccc4O3)CC2)cn1. The van der Waals surface area contributed by atoms with Crippen molar-refractivity contribution in [1.82, 2.24) is 14.5 Å². The molecule has 1 unspecified atom stereocenters. The van der Waals surface area contributed by atoms with Gasteiger partial charge in [0, 0.05) is 25.7 Å². The number of benzene rings is 1. The molecule has 2 aliphatic rings. The standard InChI is InChI=1S/C22H27N3O4/c1-15(2)17-11-21(26)25(14-23-17)12-16-7-9-24(10-8-16)22(27)20-13-28-18-5-3-4-6-19(18)29-20/h3-6,11,14-16,20H,7-10,12-13H2,1-2H3. The van der Waals surface area contributed by atoms with E-state index in [4.69, 9.17) is 9.47 Å². The van der Waals surface area contributed by atoms with Crippen molar-refractivity contribution in [2.45, 2.75) is 45.3 Å². The number of ether oxygens (including phenoxy) is 2. The van der Waals surface area contributed by atoms with Crippen molar-refractivity contribution >= 4 is 5.91 Å². The molecule has 0 spiro atoms. The molecule has 0 saturated carbocycles. The summed E-state index contributed by atoms with van der Waals surface area (Å²) in [5, 5.41) is 0. The Balaban J connectivity index is 1.32. The van der Waals surface area contributed by atoms with Crippen LogP contribution in [0.15, 0.2) is 41.5 Å². The van der Waals surface area contributed by atoms with Crippen LogP contribution in [-0.2, 0) is 11.3 Å². The first-order valence-electron chi connectivity index (χ1n) is 10.2. The van der Waals surface area contributed by atoms with Crippen LogP contribution < -0.4 is 15.0 Å². The van der Waals surface area contributed by atoms with Gasteiger partial charge in [-0.2, -0.15) is 0 Å². The zero-order valence-electron chi connectivity index (χ0n) is 16.9. The smallest absolute Gasteiger partial charge is 0.267 e. The van der Waals surface area contributed by atoms with Crippen LogP contribution in [0.5, 0.6) is 11.5 Å². The minimum absolute atomic E-state index is 0.00590. The van der Waals surface area contributed by atoms with Crippen molar-refractivity contribution in [3.05, 3.63) is 52.7 Å². The topological polar surface area (TPSA) is 73.7 Å². The monoisotopic (exact) mass is 397 g/mol. The highest BCUT2D eigenvalue weighted by atomic mass is 16.6. The summed E-state index contributed by atoms with van der Waals surface area (Å²) in [7, 11) is 0. The highest BCUT2D eigenvalue weighted by Crippen LogP contribution is 2.31. The average molecular weight is 397 g/mol.